The van der Waals surface area contributed by atoms with Gasteiger partial charge in [-0.1, -0.05) is 41.9 Å². The van der Waals surface area contributed by atoms with E-state index in [0.717, 1.165) is 23.4 Å². The molecule has 0 saturated carbocycles. The summed E-state index contributed by atoms with van der Waals surface area (Å²) in [4.78, 5) is 12.6. The number of fused-ring (bicyclic) bond motifs is 1. The summed E-state index contributed by atoms with van der Waals surface area (Å²) in [5, 5.41) is 6.92. The lowest BCUT2D eigenvalue weighted by Gasteiger charge is -2.25. The van der Waals surface area contributed by atoms with Crippen molar-refractivity contribution in [1.29, 1.82) is 0 Å². The van der Waals surface area contributed by atoms with Crippen molar-refractivity contribution in [1.82, 2.24) is 5.32 Å². The second kappa shape index (κ2) is 5.88. The number of carbonyl (C=O) groups excluding carboxylic acids is 1. The Hall–Kier alpha value is -1.84. The van der Waals surface area contributed by atoms with Crippen LogP contribution in [0.4, 0.5) is 5.69 Å². The van der Waals surface area contributed by atoms with Gasteiger partial charge in [0.1, 0.15) is 0 Å². The fourth-order valence-electron chi connectivity index (χ4n) is 2.68. The number of carbonyl (C=O) groups is 1. The molecule has 3 rings (SSSR count). The average molecular weight is 301 g/mol. The summed E-state index contributed by atoms with van der Waals surface area (Å²) >= 11 is 6.00. The molecule has 0 spiro atoms. The van der Waals surface area contributed by atoms with Crippen molar-refractivity contribution in [2.45, 2.75) is 19.4 Å². The molecule has 4 heteroatoms. The number of anilines is 1. The fraction of sp³-hybridized carbons (Fsp3) is 0.235. The van der Waals surface area contributed by atoms with Crippen molar-refractivity contribution >= 4 is 23.2 Å². The van der Waals surface area contributed by atoms with Gasteiger partial charge in [0.2, 0.25) is 5.91 Å². The minimum Gasteiger partial charge on any atom is -0.325 e. The van der Waals surface area contributed by atoms with Gasteiger partial charge in [0, 0.05) is 23.8 Å². The lowest BCUT2D eigenvalue weighted by molar-refractivity contribution is -0.117. The van der Waals surface area contributed by atoms with Gasteiger partial charge in [0.05, 0.1) is 5.92 Å². The number of nitrogens with one attached hydrogen (secondary N) is 2. The smallest absolute Gasteiger partial charge is 0.233 e. The third-order valence-electron chi connectivity index (χ3n) is 3.87. The molecule has 1 unspecified atom stereocenters. The van der Waals surface area contributed by atoms with E-state index < -0.39 is 0 Å². The highest BCUT2D eigenvalue weighted by Crippen LogP contribution is 2.26. The van der Waals surface area contributed by atoms with Crippen molar-refractivity contribution < 1.29 is 4.79 Å². The predicted molar refractivity (Wildman–Crippen MR) is 85.7 cm³/mol. The summed E-state index contributed by atoms with van der Waals surface area (Å²) in [6.07, 6.45) is 0. The molecule has 0 saturated heterocycles. The average Bonchev–Trinajstić information content (AvgIpc) is 2.50. The van der Waals surface area contributed by atoms with Crippen molar-refractivity contribution in [2.24, 2.45) is 0 Å². The van der Waals surface area contributed by atoms with Gasteiger partial charge in [-0.3, -0.25) is 4.79 Å². The molecule has 0 radical (unpaired) electrons. The first kappa shape index (κ1) is 14.1. The zero-order chi connectivity index (χ0) is 14.8. The zero-order valence-corrected chi connectivity index (χ0v) is 12.6. The van der Waals surface area contributed by atoms with Crippen LogP contribution in [0.25, 0.3) is 0 Å². The second-order valence-corrected chi connectivity index (χ2v) is 5.77. The first-order chi connectivity index (χ1) is 10.1. The number of aryl methyl sites for hydroxylation is 1. The standard InChI is InChI=1S/C17H17ClN2O/c1-11-6-7-13(18)8-16(11)20-17(21)15-10-19-9-12-4-2-3-5-14(12)15/h2-8,15,19H,9-10H2,1H3,(H,20,21). The molecule has 3 nitrogen and oxygen atoms in total. The lowest BCUT2D eigenvalue weighted by Crippen LogP contribution is -2.35. The molecule has 0 aliphatic carbocycles. The van der Waals surface area contributed by atoms with Crippen LogP contribution in [0, 0.1) is 6.92 Å². The van der Waals surface area contributed by atoms with Gasteiger partial charge in [-0.15, -0.1) is 0 Å². The van der Waals surface area contributed by atoms with E-state index in [0.29, 0.717) is 11.6 Å². The minimum absolute atomic E-state index is 0.0000154. The van der Waals surface area contributed by atoms with E-state index in [2.05, 4.69) is 16.7 Å². The van der Waals surface area contributed by atoms with Crippen LogP contribution in [0.5, 0.6) is 0 Å². The van der Waals surface area contributed by atoms with E-state index in [1.165, 1.54) is 5.56 Å². The van der Waals surface area contributed by atoms with Gasteiger partial charge in [0.25, 0.3) is 0 Å². The molecule has 2 N–H and O–H groups in total. The Morgan fingerprint density at radius 1 is 1.29 bits per heavy atom. The van der Waals surface area contributed by atoms with Crippen LogP contribution in [0.2, 0.25) is 5.02 Å². The van der Waals surface area contributed by atoms with E-state index in [9.17, 15) is 4.79 Å². The SMILES string of the molecule is Cc1ccc(Cl)cc1NC(=O)C1CNCc2ccccc21. The molecule has 108 valence electrons. The van der Waals surface area contributed by atoms with Crippen LogP contribution >= 0.6 is 11.6 Å². The molecule has 2 aromatic rings. The summed E-state index contributed by atoms with van der Waals surface area (Å²) in [6.45, 7) is 3.43. The van der Waals surface area contributed by atoms with E-state index >= 15 is 0 Å². The molecule has 0 fully saturated rings. The third kappa shape index (κ3) is 2.94. The summed E-state index contributed by atoms with van der Waals surface area (Å²) in [5.41, 5.74) is 4.07. The van der Waals surface area contributed by atoms with Crippen LogP contribution in [0.3, 0.4) is 0 Å². The molecular weight excluding hydrogens is 284 g/mol. The molecule has 1 heterocycles. The minimum atomic E-state index is -0.173. The number of halogens is 1. The largest absolute Gasteiger partial charge is 0.325 e. The molecule has 1 amide bonds. The van der Waals surface area contributed by atoms with Crippen molar-refractivity contribution in [3.8, 4) is 0 Å². The van der Waals surface area contributed by atoms with Crippen molar-refractivity contribution in [3.63, 3.8) is 0 Å². The molecule has 1 aliphatic rings. The summed E-state index contributed by atoms with van der Waals surface area (Å²) < 4.78 is 0. The Labute approximate surface area is 129 Å². The van der Waals surface area contributed by atoms with E-state index in [1.807, 2.05) is 37.3 Å². The maximum atomic E-state index is 12.6. The van der Waals surface area contributed by atoms with Gasteiger partial charge in [-0.05, 0) is 35.7 Å². The normalized spacial score (nSPS) is 17.1. The monoisotopic (exact) mass is 300 g/mol. The first-order valence-corrected chi connectivity index (χ1v) is 7.38. The zero-order valence-electron chi connectivity index (χ0n) is 11.8. The number of hydrogen-bond donors (Lipinski definition) is 2. The highest BCUT2D eigenvalue weighted by Gasteiger charge is 2.26. The number of benzene rings is 2. The van der Waals surface area contributed by atoms with Crippen LogP contribution in [-0.2, 0) is 11.3 Å². The van der Waals surface area contributed by atoms with Crippen LogP contribution in [0.1, 0.15) is 22.6 Å². The Kier molecular flexibility index (Phi) is 3.95. The summed E-state index contributed by atoms with van der Waals surface area (Å²) in [7, 11) is 0. The highest BCUT2D eigenvalue weighted by atomic mass is 35.5. The number of rotatable bonds is 2. The van der Waals surface area contributed by atoms with E-state index in [1.54, 1.807) is 6.07 Å². The van der Waals surface area contributed by atoms with Crippen LogP contribution < -0.4 is 10.6 Å². The van der Waals surface area contributed by atoms with E-state index in [4.69, 9.17) is 11.6 Å². The lowest BCUT2D eigenvalue weighted by atomic mass is 9.90. The van der Waals surface area contributed by atoms with Gasteiger partial charge in [-0.25, -0.2) is 0 Å². The molecule has 2 aromatic carbocycles. The maximum absolute atomic E-state index is 12.6. The molecule has 1 aliphatic heterocycles. The molecule has 0 bridgehead atoms. The van der Waals surface area contributed by atoms with Crippen molar-refractivity contribution in [2.75, 3.05) is 11.9 Å². The maximum Gasteiger partial charge on any atom is 0.233 e. The predicted octanol–water partition coefficient (Wildman–Crippen LogP) is 3.47. The Morgan fingerprint density at radius 3 is 2.95 bits per heavy atom. The number of hydrogen-bond acceptors (Lipinski definition) is 2. The topological polar surface area (TPSA) is 41.1 Å². The van der Waals surface area contributed by atoms with Gasteiger partial charge in [0.15, 0.2) is 0 Å². The Morgan fingerprint density at radius 2 is 2.10 bits per heavy atom. The number of amides is 1. The van der Waals surface area contributed by atoms with E-state index in [-0.39, 0.29) is 11.8 Å². The van der Waals surface area contributed by atoms with Crippen LogP contribution in [0.15, 0.2) is 42.5 Å². The Balaban J connectivity index is 1.85. The van der Waals surface area contributed by atoms with Crippen molar-refractivity contribution in [3.05, 3.63) is 64.2 Å². The Bertz CT molecular complexity index is 684. The molecule has 21 heavy (non-hydrogen) atoms. The second-order valence-electron chi connectivity index (χ2n) is 5.33. The van der Waals surface area contributed by atoms with Crippen LogP contribution in [-0.4, -0.2) is 12.5 Å². The fourth-order valence-corrected chi connectivity index (χ4v) is 2.85. The van der Waals surface area contributed by atoms with Gasteiger partial charge in [-0.2, -0.15) is 0 Å². The summed E-state index contributed by atoms with van der Waals surface area (Å²) in [6, 6.07) is 13.6. The van der Waals surface area contributed by atoms with Gasteiger partial charge < -0.3 is 10.6 Å². The molecule has 1 atom stereocenters. The van der Waals surface area contributed by atoms with Gasteiger partial charge >= 0.3 is 0 Å². The molecule has 0 aromatic heterocycles. The first-order valence-electron chi connectivity index (χ1n) is 7.00. The third-order valence-corrected chi connectivity index (χ3v) is 4.10. The highest BCUT2D eigenvalue weighted by molar-refractivity contribution is 6.31. The molecular formula is C17H17ClN2O. The quantitative estimate of drug-likeness (QED) is 0.891. The summed E-state index contributed by atoms with van der Waals surface area (Å²) in [5.74, 6) is -0.173.